The minimum absolute atomic E-state index is 0.0466. The number of nitrogens with zero attached hydrogens (tertiary/aromatic N) is 2. The molecule has 3 N–H and O–H groups in total. The predicted octanol–water partition coefficient (Wildman–Crippen LogP) is 0.901. The van der Waals surface area contributed by atoms with Crippen molar-refractivity contribution in [1.82, 2.24) is 15.1 Å². The van der Waals surface area contributed by atoms with E-state index in [0.717, 1.165) is 0 Å². The Hall–Kier alpha value is -3.10. The van der Waals surface area contributed by atoms with Crippen LogP contribution in [-0.2, 0) is 16.1 Å². The van der Waals surface area contributed by atoms with Crippen LogP contribution < -0.4 is 11.1 Å². The monoisotopic (exact) mass is 334 g/mol. The van der Waals surface area contributed by atoms with Crippen molar-refractivity contribution in [3.8, 4) is 0 Å². The Labute approximate surface area is 137 Å². The van der Waals surface area contributed by atoms with E-state index in [9.17, 15) is 14.4 Å². The topological polar surface area (TPSA) is 129 Å². The van der Waals surface area contributed by atoms with E-state index in [0.29, 0.717) is 12.3 Å². The Kier molecular flexibility index (Phi) is 5.35. The first-order valence-corrected chi connectivity index (χ1v) is 7.24. The number of urea groups is 1. The highest BCUT2D eigenvalue weighted by Crippen LogP contribution is 2.14. The van der Waals surface area contributed by atoms with Gasteiger partial charge in [-0.3, -0.25) is 14.8 Å². The molecule has 0 aliphatic carbocycles. The van der Waals surface area contributed by atoms with Crippen LogP contribution in [0.2, 0.25) is 0 Å². The molecule has 1 unspecified atom stereocenters. The van der Waals surface area contributed by atoms with Crippen LogP contribution in [0, 0.1) is 5.92 Å². The number of hydrogen-bond acceptors (Lipinski definition) is 6. The Morgan fingerprint density at radius 3 is 2.71 bits per heavy atom. The van der Waals surface area contributed by atoms with E-state index in [2.05, 4.69) is 5.10 Å². The van der Waals surface area contributed by atoms with E-state index in [1.165, 1.54) is 6.07 Å². The summed E-state index contributed by atoms with van der Waals surface area (Å²) in [6.07, 6.45) is 2.22. The zero-order valence-corrected chi connectivity index (χ0v) is 13.3. The van der Waals surface area contributed by atoms with Gasteiger partial charge in [0.2, 0.25) is 5.76 Å². The van der Waals surface area contributed by atoms with Crippen LogP contribution in [0.4, 0.5) is 4.79 Å². The molecule has 0 saturated carbocycles. The van der Waals surface area contributed by atoms with Crippen molar-refractivity contribution in [3.63, 3.8) is 0 Å². The number of furan rings is 1. The van der Waals surface area contributed by atoms with Crippen LogP contribution in [0.3, 0.4) is 0 Å². The molecule has 24 heavy (non-hydrogen) atoms. The zero-order chi connectivity index (χ0) is 17.7. The molecule has 3 amide bonds. The molecule has 2 rings (SSSR count). The first-order chi connectivity index (χ1) is 11.4. The van der Waals surface area contributed by atoms with Crippen molar-refractivity contribution in [2.45, 2.75) is 26.5 Å². The molecule has 0 aliphatic heterocycles. The number of imide groups is 1. The Balaban J connectivity index is 2.03. The number of amides is 3. The van der Waals surface area contributed by atoms with Gasteiger partial charge in [-0.1, -0.05) is 13.8 Å². The maximum absolute atomic E-state index is 12.1. The van der Waals surface area contributed by atoms with Crippen molar-refractivity contribution in [2.24, 2.45) is 11.7 Å². The Morgan fingerprint density at radius 1 is 1.38 bits per heavy atom. The maximum Gasteiger partial charge on any atom is 0.375 e. The summed E-state index contributed by atoms with van der Waals surface area (Å²) in [6.45, 7) is 3.70. The Bertz CT molecular complexity index is 720. The van der Waals surface area contributed by atoms with Gasteiger partial charge in [0, 0.05) is 12.4 Å². The third kappa shape index (κ3) is 4.45. The quantitative estimate of drug-likeness (QED) is 0.755. The predicted molar refractivity (Wildman–Crippen MR) is 81.8 cm³/mol. The molecule has 0 aromatic carbocycles. The fourth-order valence-electron chi connectivity index (χ4n) is 1.98. The smallest absolute Gasteiger partial charge is 0.375 e. The van der Waals surface area contributed by atoms with E-state index < -0.39 is 24.0 Å². The van der Waals surface area contributed by atoms with Crippen molar-refractivity contribution in [2.75, 3.05) is 0 Å². The molecule has 0 radical (unpaired) electrons. The van der Waals surface area contributed by atoms with Gasteiger partial charge in [-0.15, -0.1) is 0 Å². The lowest BCUT2D eigenvalue weighted by atomic mass is 10.1. The van der Waals surface area contributed by atoms with Crippen LogP contribution >= 0.6 is 0 Å². The fraction of sp³-hybridized carbons (Fsp3) is 0.333. The number of esters is 1. The number of carbonyl (C=O) groups is 3. The summed E-state index contributed by atoms with van der Waals surface area (Å²) in [4.78, 5) is 34.7. The lowest BCUT2D eigenvalue weighted by molar-refractivity contribution is -0.131. The highest BCUT2D eigenvalue weighted by atomic mass is 16.6. The normalized spacial score (nSPS) is 12.0. The number of aromatic nitrogens is 2. The fourth-order valence-corrected chi connectivity index (χ4v) is 1.98. The minimum Gasteiger partial charge on any atom is -0.452 e. The van der Waals surface area contributed by atoms with Gasteiger partial charge in [0.25, 0.3) is 5.91 Å². The second kappa shape index (κ2) is 7.44. The molecule has 0 fully saturated rings. The summed E-state index contributed by atoms with van der Waals surface area (Å²) in [5.74, 6) is -1.48. The van der Waals surface area contributed by atoms with Crippen LogP contribution in [0.25, 0.3) is 0 Å². The number of carbonyl (C=O) groups excluding carboxylic acids is 3. The van der Waals surface area contributed by atoms with Crippen LogP contribution in [0.5, 0.6) is 0 Å². The second-order valence-electron chi connectivity index (χ2n) is 5.39. The van der Waals surface area contributed by atoms with E-state index in [1.54, 1.807) is 43.1 Å². The van der Waals surface area contributed by atoms with Crippen LogP contribution in [-0.4, -0.2) is 33.8 Å². The van der Waals surface area contributed by atoms with Crippen molar-refractivity contribution in [1.29, 1.82) is 0 Å². The van der Waals surface area contributed by atoms with Crippen molar-refractivity contribution in [3.05, 3.63) is 42.1 Å². The van der Waals surface area contributed by atoms with Gasteiger partial charge in [-0.2, -0.15) is 5.10 Å². The molecule has 0 aliphatic rings. The van der Waals surface area contributed by atoms with Gasteiger partial charge in [-0.25, -0.2) is 9.59 Å². The molecule has 0 spiro atoms. The second-order valence-corrected chi connectivity index (χ2v) is 5.39. The molecule has 1 atom stereocenters. The van der Waals surface area contributed by atoms with E-state index >= 15 is 0 Å². The summed E-state index contributed by atoms with van der Waals surface area (Å²) in [5.41, 5.74) is 4.90. The number of ether oxygens (including phenoxy) is 1. The lowest BCUT2D eigenvalue weighted by Crippen LogP contribution is -2.45. The van der Waals surface area contributed by atoms with Gasteiger partial charge in [-0.05, 0) is 24.1 Å². The molecular weight excluding hydrogens is 316 g/mol. The van der Waals surface area contributed by atoms with Gasteiger partial charge in [0.1, 0.15) is 5.76 Å². The SMILES string of the molecule is CC(C)C(OC(=O)c1ccc(Cn2cccn2)o1)C(=O)NC(N)=O. The molecule has 2 aromatic heterocycles. The van der Waals surface area contributed by atoms with Crippen molar-refractivity contribution >= 4 is 17.9 Å². The standard InChI is InChI=1S/C15H18N4O5/c1-9(2)12(13(20)18-15(16)22)24-14(21)11-5-4-10(23-11)8-19-7-3-6-17-19/h3-7,9,12H,8H2,1-2H3,(H3,16,18,20,22). The summed E-state index contributed by atoms with van der Waals surface area (Å²) >= 11 is 0. The maximum atomic E-state index is 12.1. The average molecular weight is 334 g/mol. The van der Waals surface area contributed by atoms with E-state index in [1.807, 2.05) is 5.32 Å². The molecule has 9 heteroatoms. The summed E-state index contributed by atoms with van der Waals surface area (Å²) in [6, 6.07) is 3.82. The molecule has 0 bridgehead atoms. The van der Waals surface area contributed by atoms with Gasteiger partial charge >= 0.3 is 12.0 Å². The largest absolute Gasteiger partial charge is 0.452 e. The first kappa shape index (κ1) is 17.3. The zero-order valence-electron chi connectivity index (χ0n) is 13.3. The average Bonchev–Trinajstić information content (AvgIpc) is 3.15. The first-order valence-electron chi connectivity index (χ1n) is 7.24. The highest BCUT2D eigenvalue weighted by molar-refractivity contribution is 5.97. The molecule has 2 heterocycles. The number of nitrogens with one attached hydrogen (secondary N) is 1. The number of primary amides is 1. The van der Waals surface area contributed by atoms with Gasteiger partial charge in [0.05, 0.1) is 6.54 Å². The van der Waals surface area contributed by atoms with Gasteiger partial charge in [0.15, 0.2) is 6.10 Å². The molecule has 128 valence electrons. The molecule has 0 saturated heterocycles. The van der Waals surface area contributed by atoms with E-state index in [-0.39, 0.29) is 11.7 Å². The minimum atomic E-state index is -1.16. The number of hydrogen-bond donors (Lipinski definition) is 2. The van der Waals surface area contributed by atoms with E-state index in [4.69, 9.17) is 14.9 Å². The third-order valence-electron chi connectivity index (χ3n) is 3.08. The molecule has 9 nitrogen and oxygen atoms in total. The van der Waals surface area contributed by atoms with Gasteiger partial charge < -0.3 is 14.9 Å². The summed E-state index contributed by atoms with van der Waals surface area (Å²) in [7, 11) is 0. The number of rotatable bonds is 6. The molecule has 2 aromatic rings. The summed E-state index contributed by atoms with van der Waals surface area (Å²) < 4.78 is 12.2. The third-order valence-corrected chi connectivity index (χ3v) is 3.08. The summed E-state index contributed by atoms with van der Waals surface area (Å²) in [5, 5.41) is 5.93. The number of nitrogens with two attached hydrogens (primary N) is 1. The van der Waals surface area contributed by atoms with Crippen LogP contribution in [0.15, 0.2) is 35.0 Å². The van der Waals surface area contributed by atoms with Crippen LogP contribution in [0.1, 0.15) is 30.2 Å². The molecular formula is C15H18N4O5. The lowest BCUT2D eigenvalue weighted by Gasteiger charge is -2.19. The Morgan fingerprint density at radius 2 is 2.12 bits per heavy atom. The highest BCUT2D eigenvalue weighted by Gasteiger charge is 2.29. The van der Waals surface area contributed by atoms with Crippen molar-refractivity contribution < 1.29 is 23.5 Å².